The van der Waals surface area contributed by atoms with E-state index in [1.807, 2.05) is 72.8 Å². The third kappa shape index (κ3) is 5.88. The Bertz CT molecular complexity index is 1600. The molecule has 7 heteroatoms. The van der Waals surface area contributed by atoms with E-state index < -0.39 is 0 Å². The molecule has 2 aliphatic rings. The van der Waals surface area contributed by atoms with Crippen LogP contribution in [0.5, 0.6) is 0 Å². The van der Waals surface area contributed by atoms with Crippen LogP contribution in [0.25, 0.3) is 11.1 Å². The zero-order chi connectivity index (χ0) is 28.9. The first-order valence-corrected chi connectivity index (χ1v) is 15.6. The van der Waals surface area contributed by atoms with E-state index in [9.17, 15) is 9.59 Å². The van der Waals surface area contributed by atoms with E-state index >= 15 is 0 Å². The third-order valence-electron chi connectivity index (χ3n) is 8.01. The second-order valence-electron chi connectivity index (χ2n) is 10.8. The van der Waals surface area contributed by atoms with Gasteiger partial charge < -0.3 is 5.32 Å². The molecular formula is C35H33BrN4O2. The Hall–Kier alpha value is -4.23. The number of fused-ring (bicyclic) bond motifs is 1. The molecule has 0 spiro atoms. The van der Waals surface area contributed by atoms with Gasteiger partial charge in [-0.3, -0.25) is 9.69 Å². The molecule has 0 aromatic heterocycles. The second-order valence-corrected chi connectivity index (χ2v) is 11.3. The number of benzene rings is 4. The van der Waals surface area contributed by atoms with Gasteiger partial charge in [-0.25, -0.2) is 9.80 Å². The molecule has 0 radical (unpaired) electrons. The van der Waals surface area contributed by atoms with Crippen molar-refractivity contribution < 1.29 is 9.59 Å². The number of carbonyl (C=O) groups is 2. The zero-order valence-electron chi connectivity index (χ0n) is 23.4. The minimum absolute atomic E-state index is 0.132. The fourth-order valence-corrected chi connectivity index (χ4v) is 6.11. The first-order valence-electron chi connectivity index (χ1n) is 14.5. The Balaban J connectivity index is 1.45. The van der Waals surface area contributed by atoms with Crippen molar-refractivity contribution >= 4 is 50.6 Å². The molecule has 212 valence electrons. The van der Waals surface area contributed by atoms with Crippen molar-refractivity contribution in [1.82, 2.24) is 5.01 Å². The lowest BCUT2D eigenvalue weighted by atomic mass is 9.83. The fraction of sp³-hybridized carbons (Fsp3) is 0.229. The standard InChI is InChI=1S/C35H33BrN4O2/c36-23-33(41)37-28-19-21-29(22-20-28)40-32-18-10-9-17-31(32)34(26-13-5-2-6-14-26)38-39(35(40)42)24-27-15-7-8-16-30(27)25-11-3-1-4-12-25/h1,3-4,7-12,15-22,26H,2,5-6,13-14,23-24H2,(H,37,41). The number of carbonyl (C=O) groups excluding carboxylic acids is 2. The molecule has 1 N–H and O–H groups in total. The molecule has 1 aliphatic carbocycles. The van der Waals surface area contributed by atoms with Gasteiger partial charge in [-0.1, -0.05) is 108 Å². The number of halogens is 1. The van der Waals surface area contributed by atoms with Gasteiger partial charge in [-0.15, -0.1) is 0 Å². The molecule has 4 aromatic carbocycles. The van der Waals surface area contributed by atoms with Crippen LogP contribution >= 0.6 is 15.9 Å². The van der Waals surface area contributed by atoms with E-state index in [0.717, 1.165) is 46.5 Å². The number of nitrogens with zero attached hydrogens (tertiary/aromatic N) is 3. The molecule has 6 rings (SSSR count). The van der Waals surface area contributed by atoms with Crippen LogP contribution in [0.2, 0.25) is 0 Å². The monoisotopic (exact) mass is 620 g/mol. The lowest BCUT2D eigenvalue weighted by Gasteiger charge is -2.27. The van der Waals surface area contributed by atoms with E-state index in [-0.39, 0.29) is 17.3 Å². The van der Waals surface area contributed by atoms with E-state index in [2.05, 4.69) is 51.6 Å². The van der Waals surface area contributed by atoms with Crippen LogP contribution < -0.4 is 10.2 Å². The van der Waals surface area contributed by atoms with Gasteiger partial charge in [0.2, 0.25) is 5.91 Å². The first kappa shape index (κ1) is 27.9. The molecular weight excluding hydrogens is 588 g/mol. The maximum absolute atomic E-state index is 14.6. The summed E-state index contributed by atoms with van der Waals surface area (Å²) in [7, 11) is 0. The van der Waals surface area contributed by atoms with Crippen LogP contribution in [0.1, 0.15) is 43.2 Å². The lowest BCUT2D eigenvalue weighted by molar-refractivity contribution is -0.113. The highest BCUT2D eigenvalue weighted by Gasteiger charge is 2.34. The summed E-state index contributed by atoms with van der Waals surface area (Å²) < 4.78 is 0. The van der Waals surface area contributed by atoms with E-state index in [1.165, 1.54) is 19.3 Å². The van der Waals surface area contributed by atoms with Gasteiger partial charge in [-0.2, -0.15) is 5.10 Å². The highest BCUT2D eigenvalue weighted by molar-refractivity contribution is 9.09. The Morgan fingerprint density at radius 3 is 2.21 bits per heavy atom. The number of anilines is 3. The summed E-state index contributed by atoms with van der Waals surface area (Å²) >= 11 is 3.19. The molecule has 1 saturated carbocycles. The van der Waals surface area contributed by atoms with Crippen molar-refractivity contribution in [3.05, 3.63) is 114 Å². The molecule has 1 fully saturated rings. The highest BCUT2D eigenvalue weighted by Crippen LogP contribution is 2.38. The van der Waals surface area contributed by atoms with Gasteiger partial charge >= 0.3 is 6.03 Å². The van der Waals surface area contributed by atoms with Gasteiger partial charge in [0, 0.05) is 17.2 Å². The predicted molar refractivity (Wildman–Crippen MR) is 173 cm³/mol. The average Bonchev–Trinajstić information content (AvgIpc) is 3.16. The van der Waals surface area contributed by atoms with Crippen LogP contribution in [-0.2, 0) is 11.3 Å². The SMILES string of the molecule is O=C(CBr)Nc1ccc(N2C(=O)N(Cc3ccccc3-c3ccccc3)N=C(C3CCCCC3)c3ccccc32)cc1. The Labute approximate surface area is 255 Å². The first-order chi connectivity index (χ1) is 20.6. The summed E-state index contributed by atoms with van der Waals surface area (Å²) in [6.45, 7) is 0.337. The summed E-state index contributed by atoms with van der Waals surface area (Å²) in [5, 5.41) is 9.91. The van der Waals surface area contributed by atoms with Gasteiger partial charge in [0.1, 0.15) is 0 Å². The molecule has 0 unspecified atom stereocenters. The predicted octanol–water partition coefficient (Wildman–Crippen LogP) is 8.75. The fourth-order valence-electron chi connectivity index (χ4n) is 5.97. The number of para-hydroxylation sites is 1. The van der Waals surface area contributed by atoms with Crippen molar-refractivity contribution in [2.75, 3.05) is 15.5 Å². The minimum Gasteiger partial charge on any atom is -0.325 e. The van der Waals surface area contributed by atoms with Crippen molar-refractivity contribution in [3.8, 4) is 11.1 Å². The zero-order valence-corrected chi connectivity index (χ0v) is 25.0. The van der Waals surface area contributed by atoms with Crippen LogP contribution in [0, 0.1) is 5.92 Å². The van der Waals surface area contributed by atoms with Gasteiger partial charge in [0.25, 0.3) is 0 Å². The van der Waals surface area contributed by atoms with Crippen molar-refractivity contribution in [1.29, 1.82) is 0 Å². The molecule has 1 aliphatic heterocycles. The highest BCUT2D eigenvalue weighted by atomic mass is 79.9. The molecule has 4 aromatic rings. The molecule has 1 heterocycles. The number of hydrazone groups is 1. The van der Waals surface area contributed by atoms with Crippen LogP contribution in [0.4, 0.5) is 21.9 Å². The molecule has 0 saturated heterocycles. The Morgan fingerprint density at radius 2 is 1.48 bits per heavy atom. The maximum atomic E-state index is 14.6. The van der Waals surface area contributed by atoms with Crippen molar-refractivity contribution in [2.45, 2.75) is 38.6 Å². The van der Waals surface area contributed by atoms with Gasteiger partial charge in [0.15, 0.2) is 0 Å². The molecule has 6 nitrogen and oxygen atoms in total. The maximum Gasteiger partial charge on any atom is 0.349 e. The molecule has 42 heavy (non-hydrogen) atoms. The third-order valence-corrected chi connectivity index (χ3v) is 8.52. The Morgan fingerprint density at radius 1 is 0.810 bits per heavy atom. The number of hydrogen-bond acceptors (Lipinski definition) is 3. The summed E-state index contributed by atoms with van der Waals surface area (Å²) in [6, 6.07) is 33.8. The van der Waals surface area contributed by atoms with Crippen molar-refractivity contribution in [3.63, 3.8) is 0 Å². The van der Waals surface area contributed by atoms with Crippen molar-refractivity contribution in [2.24, 2.45) is 11.0 Å². The largest absolute Gasteiger partial charge is 0.349 e. The number of amides is 3. The summed E-state index contributed by atoms with van der Waals surface area (Å²) in [5.74, 6) is 0.161. The summed E-state index contributed by atoms with van der Waals surface area (Å²) in [6.07, 6.45) is 5.71. The summed E-state index contributed by atoms with van der Waals surface area (Å²) in [5.41, 5.74) is 7.41. The topological polar surface area (TPSA) is 65.0 Å². The van der Waals surface area contributed by atoms with Crippen LogP contribution in [0.3, 0.4) is 0 Å². The second kappa shape index (κ2) is 12.7. The molecule has 0 atom stereocenters. The number of urea groups is 1. The minimum atomic E-state index is -0.214. The Kier molecular flexibility index (Phi) is 8.47. The summed E-state index contributed by atoms with van der Waals surface area (Å²) in [4.78, 5) is 28.2. The smallest absolute Gasteiger partial charge is 0.325 e. The van der Waals surface area contributed by atoms with Crippen LogP contribution in [0.15, 0.2) is 108 Å². The number of alkyl halides is 1. The number of hydrogen-bond donors (Lipinski definition) is 1. The normalized spacial score (nSPS) is 15.5. The van der Waals surface area contributed by atoms with E-state index in [4.69, 9.17) is 5.10 Å². The molecule has 3 amide bonds. The van der Waals surface area contributed by atoms with Crippen LogP contribution in [-0.4, -0.2) is 28.0 Å². The average molecular weight is 622 g/mol. The lowest BCUT2D eigenvalue weighted by Crippen LogP contribution is -2.37. The molecule has 0 bridgehead atoms. The quantitative estimate of drug-likeness (QED) is 0.210. The van der Waals surface area contributed by atoms with E-state index in [0.29, 0.717) is 23.8 Å². The number of rotatable bonds is 7. The van der Waals surface area contributed by atoms with E-state index in [1.54, 1.807) is 9.91 Å². The number of nitrogens with one attached hydrogen (secondary N) is 1. The van der Waals surface area contributed by atoms with Gasteiger partial charge in [-0.05, 0) is 59.9 Å². The van der Waals surface area contributed by atoms with Gasteiger partial charge in [0.05, 0.1) is 29.0 Å².